The van der Waals surface area contributed by atoms with Gasteiger partial charge in [0, 0.05) is 16.7 Å². The summed E-state index contributed by atoms with van der Waals surface area (Å²) in [7, 11) is 0. The fourth-order valence-corrected chi connectivity index (χ4v) is 2.28. The molecule has 1 heterocycles. The van der Waals surface area contributed by atoms with Crippen LogP contribution in [0.15, 0.2) is 59.1 Å². The minimum atomic E-state index is -0.376. The van der Waals surface area contributed by atoms with Crippen LogP contribution in [-0.4, -0.2) is 11.1 Å². The number of halogens is 1. The van der Waals surface area contributed by atoms with Crippen LogP contribution in [0.5, 0.6) is 0 Å². The first-order chi connectivity index (χ1) is 11.1. The van der Waals surface area contributed by atoms with Crippen molar-refractivity contribution in [1.82, 2.24) is 5.16 Å². The van der Waals surface area contributed by atoms with Gasteiger partial charge in [0.2, 0.25) is 0 Å². The van der Waals surface area contributed by atoms with Gasteiger partial charge in [0.25, 0.3) is 0 Å². The highest BCUT2D eigenvalue weighted by atomic mass is 35.5. The Labute approximate surface area is 138 Å². The number of hydrogen-bond donors (Lipinski definition) is 0. The van der Waals surface area contributed by atoms with Gasteiger partial charge in [0.15, 0.2) is 5.76 Å². The first-order valence-corrected chi connectivity index (χ1v) is 7.45. The Hall–Kier alpha value is -2.59. The molecule has 0 N–H and O–H groups in total. The number of ether oxygens (including phenoxy) is 1. The van der Waals surface area contributed by atoms with Gasteiger partial charge in [-0.1, -0.05) is 35.0 Å². The van der Waals surface area contributed by atoms with Gasteiger partial charge in [-0.05, 0) is 42.8 Å². The van der Waals surface area contributed by atoms with E-state index in [1.807, 2.05) is 31.2 Å². The highest BCUT2D eigenvalue weighted by molar-refractivity contribution is 6.30. The average Bonchev–Trinajstić information content (AvgIpc) is 3.03. The third-order valence-electron chi connectivity index (χ3n) is 3.40. The molecule has 0 bridgehead atoms. The second-order valence-electron chi connectivity index (χ2n) is 5.08. The Balaban J connectivity index is 1.67. The van der Waals surface area contributed by atoms with Crippen molar-refractivity contribution in [3.05, 3.63) is 76.4 Å². The van der Waals surface area contributed by atoms with E-state index in [0.29, 0.717) is 22.0 Å². The summed E-state index contributed by atoms with van der Waals surface area (Å²) in [5, 5.41) is 4.57. The van der Waals surface area contributed by atoms with Gasteiger partial charge in [0.1, 0.15) is 12.3 Å². The van der Waals surface area contributed by atoms with E-state index in [2.05, 4.69) is 5.16 Å². The number of esters is 1. The summed E-state index contributed by atoms with van der Waals surface area (Å²) < 4.78 is 10.5. The van der Waals surface area contributed by atoms with Crippen LogP contribution in [0, 0.1) is 6.92 Å². The number of carbonyl (C=O) groups is 1. The number of aromatic nitrogens is 1. The van der Waals surface area contributed by atoms with Crippen LogP contribution in [0.2, 0.25) is 5.02 Å². The zero-order chi connectivity index (χ0) is 16.2. The molecule has 0 saturated carbocycles. The molecule has 5 heteroatoms. The van der Waals surface area contributed by atoms with Crippen molar-refractivity contribution in [1.29, 1.82) is 0 Å². The molecule has 0 aliphatic rings. The maximum absolute atomic E-state index is 12.1. The molecule has 0 spiro atoms. The van der Waals surface area contributed by atoms with E-state index < -0.39 is 0 Å². The third kappa shape index (κ3) is 3.60. The van der Waals surface area contributed by atoms with Gasteiger partial charge in [-0.2, -0.15) is 0 Å². The summed E-state index contributed by atoms with van der Waals surface area (Å²) in [6.45, 7) is 1.93. The number of aryl methyl sites for hydroxylation is 1. The fourth-order valence-electron chi connectivity index (χ4n) is 2.15. The molecule has 3 aromatic rings. The van der Waals surface area contributed by atoms with Crippen molar-refractivity contribution in [3.63, 3.8) is 0 Å². The lowest BCUT2D eigenvalue weighted by Gasteiger charge is -2.04. The van der Waals surface area contributed by atoms with Gasteiger partial charge in [0.05, 0.1) is 5.56 Å². The lowest BCUT2D eigenvalue weighted by atomic mass is 10.1. The summed E-state index contributed by atoms with van der Waals surface area (Å²) in [4.78, 5) is 12.1. The molecule has 0 unspecified atom stereocenters. The van der Waals surface area contributed by atoms with Crippen molar-refractivity contribution >= 4 is 17.6 Å². The molecule has 0 radical (unpaired) electrons. The zero-order valence-corrected chi connectivity index (χ0v) is 13.2. The van der Waals surface area contributed by atoms with Crippen molar-refractivity contribution in [3.8, 4) is 11.3 Å². The average molecular weight is 328 g/mol. The van der Waals surface area contributed by atoms with E-state index in [9.17, 15) is 4.79 Å². The lowest BCUT2D eigenvalue weighted by molar-refractivity contribution is 0.0463. The van der Waals surface area contributed by atoms with Crippen molar-refractivity contribution in [2.24, 2.45) is 0 Å². The molecular formula is C18H14ClNO3. The molecule has 0 aliphatic heterocycles. The number of carbonyl (C=O) groups excluding carboxylic acids is 1. The van der Waals surface area contributed by atoms with E-state index in [1.165, 1.54) is 0 Å². The summed E-state index contributed by atoms with van der Waals surface area (Å²) in [6.07, 6.45) is 0. The molecule has 116 valence electrons. The molecule has 2 aromatic carbocycles. The Bertz CT molecular complexity index is 824. The third-order valence-corrected chi connectivity index (χ3v) is 3.66. The van der Waals surface area contributed by atoms with Crippen LogP contribution in [0.3, 0.4) is 0 Å². The van der Waals surface area contributed by atoms with E-state index in [1.54, 1.807) is 30.3 Å². The molecule has 0 aliphatic carbocycles. The van der Waals surface area contributed by atoms with Gasteiger partial charge >= 0.3 is 5.97 Å². The molecule has 1 aromatic heterocycles. The summed E-state index contributed by atoms with van der Waals surface area (Å²) in [5.74, 6) is 0.225. The summed E-state index contributed by atoms with van der Waals surface area (Å²) in [5.41, 5.74) is 2.84. The van der Waals surface area contributed by atoms with Crippen molar-refractivity contribution < 1.29 is 14.1 Å². The Morgan fingerprint density at radius 3 is 2.65 bits per heavy atom. The Morgan fingerprint density at radius 1 is 1.17 bits per heavy atom. The first-order valence-electron chi connectivity index (χ1n) is 7.08. The van der Waals surface area contributed by atoms with Crippen LogP contribution in [0.4, 0.5) is 0 Å². The van der Waals surface area contributed by atoms with E-state index >= 15 is 0 Å². The quantitative estimate of drug-likeness (QED) is 0.654. The Kier molecular flexibility index (Phi) is 4.44. The van der Waals surface area contributed by atoms with Crippen LogP contribution in [0.1, 0.15) is 21.6 Å². The first kappa shape index (κ1) is 15.3. The maximum Gasteiger partial charge on any atom is 0.338 e. The zero-order valence-electron chi connectivity index (χ0n) is 12.5. The number of hydrogen-bond acceptors (Lipinski definition) is 4. The highest BCUT2D eigenvalue weighted by Gasteiger charge is 2.12. The second-order valence-corrected chi connectivity index (χ2v) is 5.52. The van der Waals surface area contributed by atoms with Crippen LogP contribution >= 0.6 is 11.6 Å². The van der Waals surface area contributed by atoms with E-state index in [4.69, 9.17) is 20.9 Å². The van der Waals surface area contributed by atoms with E-state index in [-0.39, 0.29) is 12.6 Å². The molecule has 0 atom stereocenters. The normalized spacial score (nSPS) is 10.5. The lowest BCUT2D eigenvalue weighted by Crippen LogP contribution is -2.07. The summed E-state index contributed by atoms with van der Waals surface area (Å²) in [6, 6.07) is 16.3. The molecule has 23 heavy (non-hydrogen) atoms. The minimum Gasteiger partial charge on any atom is -0.455 e. The molecule has 0 fully saturated rings. The topological polar surface area (TPSA) is 52.3 Å². The molecule has 0 saturated heterocycles. The number of benzene rings is 2. The van der Waals surface area contributed by atoms with Crippen molar-refractivity contribution in [2.45, 2.75) is 13.5 Å². The fraction of sp³-hybridized carbons (Fsp3) is 0.111. The van der Waals surface area contributed by atoms with E-state index in [0.717, 1.165) is 11.1 Å². The number of rotatable bonds is 4. The maximum atomic E-state index is 12.1. The van der Waals surface area contributed by atoms with Crippen molar-refractivity contribution in [2.75, 3.05) is 0 Å². The predicted octanol–water partition coefficient (Wildman–Crippen LogP) is 4.66. The molecular weight excluding hydrogens is 314 g/mol. The summed E-state index contributed by atoms with van der Waals surface area (Å²) >= 11 is 5.86. The van der Waals surface area contributed by atoms with Crippen LogP contribution in [-0.2, 0) is 11.3 Å². The van der Waals surface area contributed by atoms with Crippen LogP contribution in [0.25, 0.3) is 11.3 Å². The standard InChI is InChI=1S/C18H14ClNO3/c1-12-4-2-3-5-16(12)18(21)22-11-15-10-17(23-20-15)13-6-8-14(19)9-7-13/h2-10H,11H2,1H3. The van der Waals surface area contributed by atoms with Gasteiger partial charge in [-0.25, -0.2) is 4.79 Å². The largest absolute Gasteiger partial charge is 0.455 e. The monoisotopic (exact) mass is 327 g/mol. The molecule has 4 nitrogen and oxygen atoms in total. The smallest absolute Gasteiger partial charge is 0.338 e. The van der Waals surface area contributed by atoms with Gasteiger partial charge in [-0.3, -0.25) is 0 Å². The Morgan fingerprint density at radius 2 is 1.91 bits per heavy atom. The van der Waals surface area contributed by atoms with Gasteiger partial charge in [-0.15, -0.1) is 0 Å². The molecule has 3 rings (SSSR count). The second kappa shape index (κ2) is 6.67. The predicted molar refractivity (Wildman–Crippen MR) is 87.2 cm³/mol. The number of nitrogens with zero attached hydrogens (tertiary/aromatic N) is 1. The van der Waals surface area contributed by atoms with Gasteiger partial charge < -0.3 is 9.26 Å². The SMILES string of the molecule is Cc1ccccc1C(=O)OCc1cc(-c2ccc(Cl)cc2)on1. The molecule has 0 amide bonds. The van der Waals surface area contributed by atoms with Crippen LogP contribution < -0.4 is 0 Å². The highest BCUT2D eigenvalue weighted by Crippen LogP contribution is 2.22. The minimum absolute atomic E-state index is 0.0598.